The van der Waals surface area contributed by atoms with Crippen molar-refractivity contribution in [3.63, 3.8) is 0 Å². The second kappa shape index (κ2) is 7.41. The number of aryl methyl sites for hydroxylation is 1. The molecule has 1 aromatic heterocycles. The maximum Gasteiger partial charge on any atom is 0.165 e. The Morgan fingerprint density at radius 2 is 1.90 bits per heavy atom. The van der Waals surface area contributed by atoms with Gasteiger partial charge >= 0.3 is 0 Å². The fraction of sp³-hybridized carbons (Fsp3) is 0.846. The number of fused-ring (bicyclic) bond motifs is 5. The van der Waals surface area contributed by atoms with Crippen LogP contribution in [0.4, 0.5) is 0 Å². The third-order valence-corrected chi connectivity index (χ3v) is 10.7. The second-order valence-corrected chi connectivity index (χ2v) is 11.8. The summed E-state index contributed by atoms with van der Waals surface area (Å²) in [4.78, 5) is 17.7. The average molecular weight is 429 g/mol. The van der Waals surface area contributed by atoms with E-state index in [1.807, 2.05) is 17.7 Å². The molecule has 4 aliphatic rings. The molecule has 1 aromatic rings. The molecule has 4 fully saturated rings. The minimum atomic E-state index is -0.920. The number of hydrogen-bond acceptors (Lipinski definition) is 4. The van der Waals surface area contributed by atoms with Crippen molar-refractivity contribution in [1.82, 2.24) is 9.55 Å². The highest BCUT2D eigenvalue weighted by Crippen LogP contribution is 2.68. The number of ether oxygens (including phenoxy) is 1. The van der Waals surface area contributed by atoms with Gasteiger partial charge in [0.25, 0.3) is 0 Å². The number of aliphatic hydroxyl groups is 1. The molecule has 0 aliphatic heterocycles. The molecule has 5 rings (SSSR count). The standard InChI is InChI=1S/C26H40N2O3/c1-17-27-13-14-28(17)16-23(29)22-8-7-20-19-6-5-18-15-26(30,31-4)12-11-24(18,2)21(19)9-10-25(20,22)3/h13-14,18-22,30H,5-12,15-16H2,1-4H3/t18-,19-,20-,21-,22+,24-,25-,26-/m0/s1. The number of hydrogen-bond donors (Lipinski definition) is 1. The monoisotopic (exact) mass is 428 g/mol. The summed E-state index contributed by atoms with van der Waals surface area (Å²) in [6.45, 7) is 7.39. The van der Waals surface area contributed by atoms with E-state index in [2.05, 4.69) is 18.8 Å². The first-order valence-electron chi connectivity index (χ1n) is 12.5. The minimum absolute atomic E-state index is 0.151. The van der Waals surface area contributed by atoms with Crippen molar-refractivity contribution in [3.05, 3.63) is 18.2 Å². The molecule has 31 heavy (non-hydrogen) atoms. The van der Waals surface area contributed by atoms with Crippen molar-refractivity contribution in [2.75, 3.05) is 7.11 Å². The van der Waals surface area contributed by atoms with Crippen LogP contribution in [0.15, 0.2) is 12.4 Å². The van der Waals surface area contributed by atoms with Gasteiger partial charge in [-0.25, -0.2) is 4.98 Å². The summed E-state index contributed by atoms with van der Waals surface area (Å²) in [5, 5.41) is 10.8. The number of aromatic nitrogens is 2. The van der Waals surface area contributed by atoms with Crippen molar-refractivity contribution in [3.8, 4) is 0 Å². The average Bonchev–Trinajstić information content (AvgIpc) is 3.31. The molecule has 5 heteroatoms. The Bertz CT molecular complexity index is 851. The molecule has 0 saturated heterocycles. The van der Waals surface area contributed by atoms with E-state index >= 15 is 0 Å². The summed E-state index contributed by atoms with van der Waals surface area (Å²) < 4.78 is 7.51. The lowest BCUT2D eigenvalue weighted by molar-refractivity contribution is -0.247. The fourth-order valence-corrected chi connectivity index (χ4v) is 8.77. The Balaban J connectivity index is 1.34. The van der Waals surface area contributed by atoms with Crippen molar-refractivity contribution in [1.29, 1.82) is 0 Å². The first-order chi connectivity index (χ1) is 14.7. The van der Waals surface area contributed by atoms with Crippen molar-refractivity contribution in [2.24, 2.45) is 40.4 Å². The summed E-state index contributed by atoms with van der Waals surface area (Å²) in [6.07, 6.45) is 13.5. The molecule has 0 spiro atoms. The van der Waals surface area contributed by atoms with Crippen LogP contribution in [0.1, 0.15) is 77.5 Å². The third kappa shape index (κ3) is 3.25. The predicted molar refractivity (Wildman–Crippen MR) is 119 cm³/mol. The molecule has 1 N–H and O–H groups in total. The van der Waals surface area contributed by atoms with Gasteiger partial charge in [0.1, 0.15) is 5.82 Å². The summed E-state index contributed by atoms with van der Waals surface area (Å²) >= 11 is 0. The number of rotatable bonds is 4. The Morgan fingerprint density at radius 3 is 2.61 bits per heavy atom. The quantitative estimate of drug-likeness (QED) is 0.703. The first kappa shape index (κ1) is 21.6. The van der Waals surface area contributed by atoms with Gasteiger partial charge in [-0.05, 0) is 86.4 Å². The van der Waals surface area contributed by atoms with Crippen LogP contribution in [0.25, 0.3) is 0 Å². The normalized spacial score (nSPS) is 46.8. The summed E-state index contributed by atoms with van der Waals surface area (Å²) in [6, 6.07) is 0. The van der Waals surface area contributed by atoms with Crippen LogP contribution in [-0.4, -0.2) is 33.3 Å². The zero-order valence-corrected chi connectivity index (χ0v) is 19.8. The zero-order chi connectivity index (χ0) is 22.0. The third-order valence-electron chi connectivity index (χ3n) is 10.7. The molecule has 0 aromatic carbocycles. The summed E-state index contributed by atoms with van der Waals surface area (Å²) in [5.41, 5.74) is 0.461. The van der Waals surface area contributed by atoms with Crippen LogP contribution in [0, 0.1) is 47.3 Å². The van der Waals surface area contributed by atoms with E-state index in [9.17, 15) is 9.90 Å². The smallest absolute Gasteiger partial charge is 0.165 e. The van der Waals surface area contributed by atoms with Gasteiger partial charge in [0.2, 0.25) is 0 Å². The molecule has 0 amide bonds. The fourth-order valence-electron chi connectivity index (χ4n) is 8.77. The van der Waals surface area contributed by atoms with Gasteiger partial charge in [-0.2, -0.15) is 0 Å². The highest BCUT2D eigenvalue weighted by atomic mass is 16.6. The molecule has 1 heterocycles. The highest BCUT2D eigenvalue weighted by molar-refractivity contribution is 5.82. The van der Waals surface area contributed by atoms with Crippen LogP contribution < -0.4 is 0 Å². The largest absolute Gasteiger partial charge is 0.365 e. The number of nitrogens with zero attached hydrogens (tertiary/aromatic N) is 2. The van der Waals surface area contributed by atoms with Gasteiger partial charge in [-0.15, -0.1) is 0 Å². The van der Waals surface area contributed by atoms with E-state index in [0.717, 1.165) is 43.3 Å². The topological polar surface area (TPSA) is 64.3 Å². The van der Waals surface area contributed by atoms with Crippen LogP contribution in [-0.2, 0) is 16.1 Å². The van der Waals surface area contributed by atoms with Crippen molar-refractivity contribution in [2.45, 2.75) is 90.9 Å². The van der Waals surface area contributed by atoms with Crippen molar-refractivity contribution < 1.29 is 14.6 Å². The number of carbonyl (C=O) groups excluding carboxylic acids is 1. The Morgan fingerprint density at radius 1 is 1.13 bits per heavy atom. The number of ketones is 1. The van der Waals surface area contributed by atoms with Gasteiger partial charge in [-0.3, -0.25) is 4.79 Å². The van der Waals surface area contributed by atoms with Crippen LogP contribution in [0.5, 0.6) is 0 Å². The zero-order valence-electron chi connectivity index (χ0n) is 19.8. The Hall–Kier alpha value is -1.20. The second-order valence-electron chi connectivity index (χ2n) is 11.8. The van der Waals surface area contributed by atoms with E-state index in [4.69, 9.17) is 4.74 Å². The van der Waals surface area contributed by atoms with Crippen LogP contribution in [0.2, 0.25) is 0 Å². The summed E-state index contributed by atoms with van der Waals surface area (Å²) in [5.74, 6) is 3.30. The number of carbonyl (C=O) groups is 1. The molecular weight excluding hydrogens is 388 g/mol. The molecule has 4 aliphatic carbocycles. The first-order valence-corrected chi connectivity index (χ1v) is 12.5. The van der Waals surface area contributed by atoms with E-state index in [-0.39, 0.29) is 11.3 Å². The van der Waals surface area contributed by atoms with E-state index in [1.54, 1.807) is 13.3 Å². The molecule has 172 valence electrons. The molecule has 0 radical (unpaired) electrons. The lowest BCUT2D eigenvalue weighted by Crippen LogP contribution is -2.56. The molecule has 0 unspecified atom stereocenters. The van der Waals surface area contributed by atoms with E-state index in [1.165, 1.54) is 32.1 Å². The van der Waals surface area contributed by atoms with E-state index in [0.29, 0.717) is 29.6 Å². The van der Waals surface area contributed by atoms with Gasteiger partial charge in [-0.1, -0.05) is 13.8 Å². The van der Waals surface area contributed by atoms with Crippen molar-refractivity contribution >= 4 is 5.78 Å². The molecule has 8 atom stereocenters. The minimum Gasteiger partial charge on any atom is -0.365 e. The van der Waals surface area contributed by atoms with Gasteiger partial charge in [0.05, 0.1) is 6.54 Å². The number of imidazole rings is 1. The lowest BCUT2D eigenvalue weighted by atomic mass is 9.44. The lowest BCUT2D eigenvalue weighted by Gasteiger charge is -2.61. The predicted octanol–water partition coefficient (Wildman–Crippen LogP) is 4.75. The highest BCUT2D eigenvalue weighted by Gasteiger charge is 2.62. The molecule has 4 saturated carbocycles. The van der Waals surface area contributed by atoms with Gasteiger partial charge in [0, 0.05) is 38.3 Å². The SMILES string of the molecule is CO[C@@]1(O)CC[C@@]2(C)[C@@H](CC[C@@H]3[C@@H]2CC[C@]2(C)[C@@H](C(=O)Cn4ccnc4C)CC[C@@H]32)C1. The maximum absolute atomic E-state index is 13.4. The number of methoxy groups -OCH3 is 1. The summed E-state index contributed by atoms with van der Waals surface area (Å²) in [7, 11) is 1.65. The van der Waals surface area contributed by atoms with Gasteiger partial charge < -0.3 is 14.4 Å². The molecule has 5 nitrogen and oxygen atoms in total. The Labute approximate surface area is 187 Å². The van der Waals surface area contributed by atoms with Crippen LogP contribution in [0.3, 0.4) is 0 Å². The molecule has 0 bridgehead atoms. The van der Waals surface area contributed by atoms with Gasteiger partial charge in [0.15, 0.2) is 11.6 Å². The number of Topliss-reactive ketones (excluding diaryl/α,β-unsaturated/α-hetero) is 1. The van der Waals surface area contributed by atoms with Crippen LogP contribution >= 0.6 is 0 Å². The van der Waals surface area contributed by atoms with E-state index < -0.39 is 5.79 Å². The maximum atomic E-state index is 13.4. The Kier molecular flexibility index (Phi) is 5.17. The molecular formula is C26H40N2O3.